The Balaban J connectivity index is 2.31. The van der Waals surface area contributed by atoms with E-state index in [4.69, 9.17) is 18.6 Å². The fraction of sp³-hybridized carbons (Fsp3) is 0.364. The van der Waals surface area contributed by atoms with Crippen molar-refractivity contribution in [3.8, 4) is 17.2 Å². The van der Waals surface area contributed by atoms with Crippen LogP contribution in [0.3, 0.4) is 0 Å². The van der Waals surface area contributed by atoms with Gasteiger partial charge < -0.3 is 18.6 Å². The van der Waals surface area contributed by atoms with E-state index in [1.165, 1.54) is 19.6 Å². The SMILES string of the molecule is COc1c(OC/C=C(\C)CCC=C(C)C)c(=O)oc2cccc(OC(C)=O)c12. The summed E-state index contributed by atoms with van der Waals surface area (Å²) in [7, 11) is 1.42. The molecule has 0 saturated carbocycles. The van der Waals surface area contributed by atoms with E-state index in [-0.39, 0.29) is 29.4 Å². The molecule has 0 atom stereocenters. The van der Waals surface area contributed by atoms with Gasteiger partial charge >= 0.3 is 11.6 Å². The summed E-state index contributed by atoms with van der Waals surface area (Å²) in [5.41, 5.74) is 2.04. The van der Waals surface area contributed by atoms with Gasteiger partial charge in [0.05, 0.1) is 7.11 Å². The average Bonchev–Trinajstić information content (AvgIpc) is 2.61. The predicted molar refractivity (Wildman–Crippen MR) is 108 cm³/mol. The zero-order valence-electron chi connectivity index (χ0n) is 17.0. The number of benzene rings is 1. The largest absolute Gasteiger partial charge is 0.492 e. The molecule has 0 bridgehead atoms. The van der Waals surface area contributed by atoms with Crippen LogP contribution in [-0.4, -0.2) is 19.7 Å². The molecule has 1 aromatic heterocycles. The molecule has 0 aliphatic rings. The van der Waals surface area contributed by atoms with Gasteiger partial charge in [0.15, 0.2) is 5.75 Å². The Morgan fingerprint density at radius 2 is 1.86 bits per heavy atom. The lowest BCUT2D eigenvalue weighted by molar-refractivity contribution is -0.131. The third-order valence-corrected chi connectivity index (χ3v) is 4.02. The van der Waals surface area contributed by atoms with Crippen molar-refractivity contribution in [2.24, 2.45) is 0 Å². The third kappa shape index (κ3) is 5.49. The second-order valence-electron chi connectivity index (χ2n) is 6.66. The lowest BCUT2D eigenvalue weighted by Crippen LogP contribution is -2.10. The summed E-state index contributed by atoms with van der Waals surface area (Å²) in [5.74, 6) is -0.122. The van der Waals surface area contributed by atoms with E-state index in [0.717, 1.165) is 18.4 Å². The van der Waals surface area contributed by atoms with Crippen molar-refractivity contribution in [1.82, 2.24) is 0 Å². The van der Waals surface area contributed by atoms with E-state index in [0.29, 0.717) is 5.39 Å². The number of allylic oxidation sites excluding steroid dienone is 3. The molecule has 150 valence electrons. The molecule has 1 aromatic carbocycles. The minimum absolute atomic E-state index is 0.0528. The predicted octanol–water partition coefficient (Wildman–Crippen LogP) is 4.80. The van der Waals surface area contributed by atoms with Crippen molar-refractivity contribution >= 4 is 16.9 Å². The summed E-state index contributed by atoms with van der Waals surface area (Å²) >= 11 is 0. The molecule has 1 heterocycles. The van der Waals surface area contributed by atoms with E-state index in [9.17, 15) is 9.59 Å². The first kappa shape index (κ1) is 21.3. The van der Waals surface area contributed by atoms with Crippen molar-refractivity contribution in [2.75, 3.05) is 13.7 Å². The Bertz CT molecular complexity index is 961. The third-order valence-electron chi connectivity index (χ3n) is 4.02. The molecule has 0 aliphatic heterocycles. The van der Waals surface area contributed by atoms with Crippen LogP contribution in [0.15, 0.2) is 50.7 Å². The summed E-state index contributed by atoms with van der Waals surface area (Å²) < 4.78 is 21.6. The minimum atomic E-state index is -0.653. The van der Waals surface area contributed by atoms with Gasteiger partial charge in [-0.05, 0) is 51.8 Å². The Morgan fingerprint density at radius 1 is 1.11 bits per heavy atom. The van der Waals surface area contributed by atoms with Crippen LogP contribution in [0.1, 0.15) is 40.5 Å². The number of methoxy groups -OCH3 is 1. The van der Waals surface area contributed by atoms with Gasteiger partial charge in [0, 0.05) is 6.92 Å². The Morgan fingerprint density at radius 3 is 2.50 bits per heavy atom. The van der Waals surface area contributed by atoms with E-state index >= 15 is 0 Å². The van der Waals surface area contributed by atoms with Gasteiger partial charge in [-0.15, -0.1) is 0 Å². The van der Waals surface area contributed by atoms with Crippen molar-refractivity contribution in [2.45, 2.75) is 40.5 Å². The molecular formula is C22H26O6. The number of fused-ring (bicyclic) bond motifs is 1. The number of hydrogen-bond donors (Lipinski definition) is 0. The van der Waals surface area contributed by atoms with Crippen LogP contribution in [0.25, 0.3) is 11.0 Å². The van der Waals surface area contributed by atoms with Crippen LogP contribution in [-0.2, 0) is 4.79 Å². The summed E-state index contributed by atoms with van der Waals surface area (Å²) in [6.45, 7) is 7.64. The molecule has 2 rings (SSSR count). The van der Waals surface area contributed by atoms with E-state index in [2.05, 4.69) is 19.9 Å². The Hall–Kier alpha value is -3.02. The molecule has 0 aliphatic carbocycles. The van der Waals surface area contributed by atoms with E-state index < -0.39 is 11.6 Å². The maximum atomic E-state index is 12.4. The van der Waals surface area contributed by atoms with Gasteiger partial charge in [-0.3, -0.25) is 4.79 Å². The van der Waals surface area contributed by atoms with Crippen molar-refractivity contribution in [1.29, 1.82) is 0 Å². The molecule has 0 N–H and O–H groups in total. The fourth-order valence-corrected chi connectivity index (χ4v) is 2.69. The number of ether oxygens (including phenoxy) is 3. The van der Waals surface area contributed by atoms with Crippen LogP contribution < -0.4 is 19.8 Å². The molecule has 0 saturated heterocycles. The lowest BCUT2D eigenvalue weighted by Gasteiger charge is -2.13. The topological polar surface area (TPSA) is 75.0 Å². The number of rotatable bonds is 8. The summed E-state index contributed by atoms with van der Waals surface area (Å²) in [6, 6.07) is 4.83. The van der Waals surface area contributed by atoms with Gasteiger partial charge in [0.2, 0.25) is 5.75 Å². The highest BCUT2D eigenvalue weighted by molar-refractivity contribution is 5.93. The smallest absolute Gasteiger partial charge is 0.383 e. The van der Waals surface area contributed by atoms with Gasteiger partial charge in [0.25, 0.3) is 0 Å². The van der Waals surface area contributed by atoms with Gasteiger partial charge in [-0.1, -0.05) is 23.3 Å². The second-order valence-corrected chi connectivity index (χ2v) is 6.66. The quantitative estimate of drug-likeness (QED) is 0.281. The summed E-state index contributed by atoms with van der Waals surface area (Å²) in [6.07, 6.45) is 5.96. The van der Waals surface area contributed by atoms with Crippen LogP contribution in [0, 0.1) is 0 Å². The normalized spacial score (nSPS) is 11.2. The first-order chi connectivity index (χ1) is 13.3. The highest BCUT2D eigenvalue weighted by Crippen LogP contribution is 2.38. The van der Waals surface area contributed by atoms with Gasteiger partial charge in [-0.2, -0.15) is 0 Å². The van der Waals surface area contributed by atoms with Crippen LogP contribution in [0.4, 0.5) is 0 Å². The monoisotopic (exact) mass is 386 g/mol. The van der Waals surface area contributed by atoms with Crippen molar-refractivity contribution in [3.05, 3.63) is 51.9 Å². The van der Waals surface area contributed by atoms with E-state index in [1.807, 2.05) is 13.0 Å². The lowest BCUT2D eigenvalue weighted by atomic mass is 10.1. The van der Waals surface area contributed by atoms with E-state index in [1.54, 1.807) is 18.2 Å². The summed E-state index contributed by atoms with van der Waals surface area (Å²) in [5, 5.41) is 0.374. The van der Waals surface area contributed by atoms with Crippen LogP contribution in [0.5, 0.6) is 17.2 Å². The van der Waals surface area contributed by atoms with Crippen LogP contribution >= 0.6 is 0 Å². The van der Waals surface area contributed by atoms with Gasteiger partial charge in [0.1, 0.15) is 23.3 Å². The molecule has 6 nitrogen and oxygen atoms in total. The molecule has 0 spiro atoms. The zero-order valence-corrected chi connectivity index (χ0v) is 17.0. The molecule has 0 radical (unpaired) electrons. The second kappa shape index (κ2) is 9.78. The first-order valence-electron chi connectivity index (χ1n) is 9.07. The zero-order chi connectivity index (χ0) is 20.7. The molecular weight excluding hydrogens is 360 g/mol. The summed E-state index contributed by atoms with van der Waals surface area (Å²) in [4.78, 5) is 23.7. The molecule has 2 aromatic rings. The van der Waals surface area contributed by atoms with Crippen LogP contribution in [0.2, 0.25) is 0 Å². The number of carbonyl (C=O) groups excluding carboxylic acids is 1. The van der Waals surface area contributed by atoms with Crippen molar-refractivity contribution in [3.63, 3.8) is 0 Å². The molecule has 0 amide bonds. The average molecular weight is 386 g/mol. The fourth-order valence-electron chi connectivity index (χ4n) is 2.69. The Labute approximate surface area is 164 Å². The minimum Gasteiger partial charge on any atom is -0.492 e. The maximum Gasteiger partial charge on any atom is 0.383 e. The highest BCUT2D eigenvalue weighted by atomic mass is 16.5. The number of hydrogen-bond acceptors (Lipinski definition) is 6. The molecule has 0 unspecified atom stereocenters. The maximum absolute atomic E-state index is 12.4. The molecule has 28 heavy (non-hydrogen) atoms. The standard InChI is InChI=1S/C22H26O6/c1-14(2)8-6-9-15(3)12-13-26-21-20(25-5)19-17(27-16(4)23)10-7-11-18(19)28-22(21)24/h7-8,10-12H,6,9,13H2,1-5H3/b15-12+. The number of carbonyl (C=O) groups is 1. The molecule has 0 fully saturated rings. The van der Waals surface area contributed by atoms with Gasteiger partial charge in [-0.25, -0.2) is 4.79 Å². The number of esters is 1. The van der Waals surface area contributed by atoms with Crippen molar-refractivity contribution < 1.29 is 23.4 Å². The highest BCUT2D eigenvalue weighted by Gasteiger charge is 2.20. The molecule has 6 heteroatoms. The first-order valence-corrected chi connectivity index (χ1v) is 9.07. The Kier molecular flexibility index (Phi) is 7.44.